The number of piperidine rings is 1. The molecule has 1 saturated carbocycles. The van der Waals surface area contributed by atoms with Gasteiger partial charge in [0.1, 0.15) is 12.1 Å². The molecule has 1 amide bonds. The molecule has 2 heterocycles. The molecule has 0 aromatic carbocycles. The highest BCUT2D eigenvalue weighted by Crippen LogP contribution is 2.27. The number of carboxylic acids is 1. The Hall–Kier alpha value is -2.11. The summed E-state index contributed by atoms with van der Waals surface area (Å²) < 4.78 is 5.72. The average Bonchev–Trinajstić information content (AvgIpc) is 2.50. The minimum Gasteiger partial charge on any atom is -0.480 e. The highest BCUT2D eigenvalue weighted by atomic mass is 16.5. The Morgan fingerprint density at radius 2 is 2.13 bits per heavy atom. The third kappa shape index (κ3) is 3.46. The normalized spacial score (nSPS) is 24.8. The molecule has 0 bridgehead atoms. The van der Waals surface area contributed by atoms with E-state index in [4.69, 9.17) is 4.74 Å². The van der Waals surface area contributed by atoms with Gasteiger partial charge in [0.25, 0.3) is 5.91 Å². The summed E-state index contributed by atoms with van der Waals surface area (Å²) in [6, 6.07) is 2.49. The Kier molecular flexibility index (Phi) is 4.50. The van der Waals surface area contributed by atoms with E-state index in [0.717, 1.165) is 25.7 Å². The molecule has 2 aliphatic rings. The fourth-order valence-electron chi connectivity index (χ4n) is 3.05. The minimum absolute atomic E-state index is 0.190. The lowest BCUT2D eigenvalue weighted by molar-refractivity contribution is -0.144. The third-order valence-electron chi connectivity index (χ3n) is 4.73. The summed E-state index contributed by atoms with van der Waals surface area (Å²) in [5.74, 6) is -0.442. The summed E-state index contributed by atoms with van der Waals surface area (Å²) in [5.41, 5.74) is 0.440. The first-order chi connectivity index (χ1) is 11.0. The van der Waals surface area contributed by atoms with E-state index in [9.17, 15) is 14.7 Å². The maximum absolute atomic E-state index is 12.7. The number of amides is 1. The molecule has 6 heteroatoms. The maximum Gasteiger partial charge on any atom is 0.326 e. The predicted molar refractivity (Wildman–Crippen MR) is 83.4 cm³/mol. The van der Waals surface area contributed by atoms with Crippen molar-refractivity contribution in [3.05, 3.63) is 23.9 Å². The van der Waals surface area contributed by atoms with Crippen LogP contribution < -0.4 is 4.74 Å². The van der Waals surface area contributed by atoms with Crippen molar-refractivity contribution in [3.63, 3.8) is 0 Å². The molecule has 0 radical (unpaired) electrons. The molecule has 124 valence electrons. The van der Waals surface area contributed by atoms with Gasteiger partial charge in [-0.05, 0) is 44.1 Å². The van der Waals surface area contributed by atoms with Crippen LogP contribution in [0.5, 0.6) is 5.88 Å². The number of carbonyl (C=O) groups is 2. The number of aliphatic carboxylic acids is 1. The van der Waals surface area contributed by atoms with Crippen molar-refractivity contribution < 1.29 is 19.4 Å². The van der Waals surface area contributed by atoms with Crippen molar-refractivity contribution in [3.8, 4) is 5.88 Å². The SMILES string of the molecule is CC1CCN(C(=O)c2ccnc(OC3CCC3)c2)C(C(=O)O)C1. The molecule has 2 fully saturated rings. The van der Waals surface area contributed by atoms with Crippen molar-refractivity contribution in [1.82, 2.24) is 9.88 Å². The molecular weight excluding hydrogens is 296 g/mol. The first-order valence-electron chi connectivity index (χ1n) is 8.21. The Labute approximate surface area is 135 Å². The molecule has 1 saturated heterocycles. The monoisotopic (exact) mass is 318 g/mol. The zero-order valence-electron chi connectivity index (χ0n) is 13.3. The standard InChI is InChI=1S/C17H22N2O4/c1-11-6-8-19(14(9-11)17(21)22)16(20)12-5-7-18-15(10-12)23-13-3-2-4-13/h5,7,10-11,13-14H,2-4,6,8-9H2,1H3,(H,21,22). The van der Waals surface area contributed by atoms with Gasteiger partial charge < -0.3 is 14.7 Å². The molecule has 2 atom stereocenters. The van der Waals surface area contributed by atoms with Crippen LogP contribution in [0.25, 0.3) is 0 Å². The lowest BCUT2D eigenvalue weighted by atomic mass is 9.92. The Morgan fingerprint density at radius 3 is 2.78 bits per heavy atom. The molecule has 1 N–H and O–H groups in total. The zero-order valence-corrected chi connectivity index (χ0v) is 13.3. The third-order valence-corrected chi connectivity index (χ3v) is 4.73. The number of rotatable bonds is 4. The fraction of sp³-hybridized carbons (Fsp3) is 0.588. The zero-order chi connectivity index (χ0) is 16.4. The second kappa shape index (κ2) is 6.56. The van der Waals surface area contributed by atoms with Gasteiger partial charge in [-0.2, -0.15) is 0 Å². The van der Waals surface area contributed by atoms with E-state index in [-0.39, 0.29) is 12.0 Å². The molecule has 1 aliphatic carbocycles. The molecule has 0 spiro atoms. The topological polar surface area (TPSA) is 79.7 Å². The fourth-order valence-corrected chi connectivity index (χ4v) is 3.05. The van der Waals surface area contributed by atoms with Gasteiger partial charge in [0, 0.05) is 24.4 Å². The highest BCUT2D eigenvalue weighted by Gasteiger charge is 2.35. The van der Waals surface area contributed by atoms with Crippen LogP contribution >= 0.6 is 0 Å². The summed E-state index contributed by atoms with van der Waals surface area (Å²) in [7, 11) is 0. The van der Waals surface area contributed by atoms with E-state index in [1.54, 1.807) is 18.3 Å². The molecule has 1 aliphatic heterocycles. The number of aromatic nitrogens is 1. The van der Waals surface area contributed by atoms with E-state index in [0.29, 0.717) is 30.3 Å². The molecule has 6 nitrogen and oxygen atoms in total. The van der Waals surface area contributed by atoms with Crippen LogP contribution in [0.15, 0.2) is 18.3 Å². The lowest BCUT2D eigenvalue weighted by Crippen LogP contribution is -2.49. The number of carboxylic acid groups (broad SMARTS) is 1. The van der Waals surface area contributed by atoms with Gasteiger partial charge in [0.2, 0.25) is 5.88 Å². The lowest BCUT2D eigenvalue weighted by Gasteiger charge is -2.36. The molecule has 1 aromatic rings. The Bertz CT molecular complexity index is 600. The molecule has 1 aromatic heterocycles. The summed E-state index contributed by atoms with van der Waals surface area (Å²) in [6.45, 7) is 2.49. The van der Waals surface area contributed by atoms with Crippen molar-refractivity contribution in [2.75, 3.05) is 6.54 Å². The van der Waals surface area contributed by atoms with Crippen LogP contribution in [0.2, 0.25) is 0 Å². The first kappa shape index (κ1) is 15.8. The van der Waals surface area contributed by atoms with Gasteiger partial charge in [-0.15, -0.1) is 0 Å². The quantitative estimate of drug-likeness (QED) is 0.921. The van der Waals surface area contributed by atoms with Crippen LogP contribution in [0.3, 0.4) is 0 Å². The number of hydrogen-bond acceptors (Lipinski definition) is 4. The molecular formula is C17H22N2O4. The van der Waals surface area contributed by atoms with E-state index >= 15 is 0 Å². The predicted octanol–water partition coefficient (Wildman–Crippen LogP) is 2.34. The number of likely N-dealkylation sites (tertiary alicyclic amines) is 1. The summed E-state index contributed by atoms with van der Waals surface area (Å²) >= 11 is 0. The minimum atomic E-state index is -0.940. The Morgan fingerprint density at radius 1 is 1.35 bits per heavy atom. The van der Waals surface area contributed by atoms with Gasteiger partial charge in [-0.3, -0.25) is 4.79 Å². The van der Waals surface area contributed by atoms with Crippen molar-refractivity contribution >= 4 is 11.9 Å². The summed E-state index contributed by atoms with van der Waals surface area (Å²) in [4.78, 5) is 29.8. The first-order valence-corrected chi connectivity index (χ1v) is 8.21. The van der Waals surface area contributed by atoms with E-state index in [1.807, 2.05) is 6.92 Å². The van der Waals surface area contributed by atoms with Gasteiger partial charge in [0.15, 0.2) is 0 Å². The number of nitrogens with zero attached hydrogens (tertiary/aromatic N) is 2. The van der Waals surface area contributed by atoms with Crippen LogP contribution in [0, 0.1) is 5.92 Å². The summed E-state index contributed by atoms with van der Waals surface area (Å²) in [6.07, 6.45) is 6.26. The van der Waals surface area contributed by atoms with Gasteiger partial charge in [-0.25, -0.2) is 9.78 Å². The van der Waals surface area contributed by atoms with Gasteiger partial charge >= 0.3 is 5.97 Å². The Balaban J connectivity index is 1.75. The van der Waals surface area contributed by atoms with Crippen molar-refractivity contribution in [2.24, 2.45) is 5.92 Å². The largest absolute Gasteiger partial charge is 0.480 e. The van der Waals surface area contributed by atoms with Crippen LogP contribution in [0.4, 0.5) is 0 Å². The average molecular weight is 318 g/mol. The van der Waals surface area contributed by atoms with E-state index in [1.165, 1.54) is 4.90 Å². The molecule has 3 rings (SSSR count). The number of pyridine rings is 1. The maximum atomic E-state index is 12.7. The number of ether oxygens (including phenoxy) is 1. The van der Waals surface area contributed by atoms with E-state index in [2.05, 4.69) is 4.98 Å². The van der Waals surface area contributed by atoms with Crippen molar-refractivity contribution in [2.45, 2.75) is 51.2 Å². The second-order valence-corrected chi connectivity index (χ2v) is 6.54. The second-order valence-electron chi connectivity index (χ2n) is 6.54. The van der Waals surface area contributed by atoms with Gasteiger partial charge in [0.05, 0.1) is 0 Å². The van der Waals surface area contributed by atoms with Crippen molar-refractivity contribution in [1.29, 1.82) is 0 Å². The summed E-state index contributed by atoms with van der Waals surface area (Å²) in [5, 5.41) is 9.40. The molecule has 23 heavy (non-hydrogen) atoms. The van der Waals surface area contributed by atoms with Crippen LogP contribution in [-0.4, -0.2) is 45.6 Å². The smallest absolute Gasteiger partial charge is 0.326 e. The van der Waals surface area contributed by atoms with E-state index < -0.39 is 12.0 Å². The van der Waals surface area contributed by atoms with Gasteiger partial charge in [-0.1, -0.05) is 6.92 Å². The van der Waals surface area contributed by atoms with Crippen LogP contribution in [-0.2, 0) is 4.79 Å². The molecule has 2 unspecified atom stereocenters. The number of hydrogen-bond donors (Lipinski definition) is 1. The highest BCUT2D eigenvalue weighted by molar-refractivity contribution is 5.96. The van der Waals surface area contributed by atoms with Crippen LogP contribution in [0.1, 0.15) is 49.4 Å². The number of carbonyl (C=O) groups excluding carboxylic acids is 1.